The van der Waals surface area contributed by atoms with Gasteiger partial charge in [0.05, 0.1) is 0 Å². The summed E-state index contributed by atoms with van der Waals surface area (Å²) in [6.07, 6.45) is 0. The molecule has 204 valence electrons. The van der Waals surface area contributed by atoms with Crippen LogP contribution in [0.2, 0.25) is 0 Å². The fourth-order valence-corrected chi connectivity index (χ4v) is 5.01. The summed E-state index contributed by atoms with van der Waals surface area (Å²) in [6.45, 7) is 4.45. The molecule has 0 radical (unpaired) electrons. The Kier molecular flexibility index (Phi) is 7.28. The van der Waals surface area contributed by atoms with Gasteiger partial charge in [-0.1, -0.05) is 55.1 Å². The highest BCUT2D eigenvalue weighted by Crippen LogP contribution is 2.36. The topological polar surface area (TPSA) is 0 Å². The summed E-state index contributed by atoms with van der Waals surface area (Å²) >= 11 is 0. The van der Waals surface area contributed by atoms with Gasteiger partial charge in [0.1, 0.15) is 23.3 Å². The van der Waals surface area contributed by atoms with Crippen LogP contribution in [0.3, 0.4) is 0 Å². The maximum atomic E-state index is 13.7. The number of benzene rings is 6. The molecule has 6 rings (SSSR count). The molecule has 0 heterocycles. The predicted molar refractivity (Wildman–Crippen MR) is 163 cm³/mol. The molecule has 0 spiro atoms. The smallest absolute Gasteiger partial charge is 0.123 e. The van der Waals surface area contributed by atoms with Crippen molar-refractivity contribution in [2.75, 3.05) is 0 Å². The second kappa shape index (κ2) is 11.3. The Morgan fingerprint density at radius 3 is 0.738 bits per heavy atom. The van der Waals surface area contributed by atoms with E-state index in [1.165, 1.54) is 48.5 Å². The average molecular weight is 557 g/mol. The third kappa shape index (κ3) is 5.79. The highest BCUT2D eigenvalue weighted by atomic mass is 19.1. The van der Waals surface area contributed by atoms with Gasteiger partial charge in [-0.05, 0) is 146 Å². The second-order valence-electron chi connectivity index (χ2n) is 10.1. The lowest BCUT2D eigenvalue weighted by atomic mass is 9.88. The fourth-order valence-electron chi connectivity index (χ4n) is 5.01. The van der Waals surface area contributed by atoms with Gasteiger partial charge in [-0.25, -0.2) is 17.6 Å². The summed E-state index contributed by atoms with van der Waals surface area (Å²) in [6, 6.07) is 37.0. The molecule has 0 aliphatic carbocycles. The van der Waals surface area contributed by atoms with Gasteiger partial charge in [-0.3, -0.25) is 0 Å². The molecule has 4 heteroatoms. The van der Waals surface area contributed by atoms with Crippen LogP contribution in [-0.4, -0.2) is 0 Å². The van der Waals surface area contributed by atoms with Crippen molar-refractivity contribution in [2.45, 2.75) is 0 Å². The van der Waals surface area contributed by atoms with Crippen molar-refractivity contribution in [1.29, 1.82) is 0 Å². The van der Waals surface area contributed by atoms with Crippen LogP contribution in [0, 0.1) is 23.3 Å². The highest BCUT2D eigenvalue weighted by Gasteiger charge is 2.13. The normalized spacial score (nSPS) is 11.0. The number of halogens is 4. The lowest BCUT2D eigenvalue weighted by Crippen LogP contribution is -1.93. The zero-order chi connectivity index (χ0) is 29.2. The van der Waals surface area contributed by atoms with Gasteiger partial charge >= 0.3 is 0 Å². The number of hydrogen-bond acceptors (Lipinski definition) is 0. The van der Waals surface area contributed by atoms with E-state index in [2.05, 4.69) is 6.58 Å². The Bertz CT molecular complexity index is 1620. The lowest BCUT2D eigenvalue weighted by molar-refractivity contribution is 0.627. The van der Waals surface area contributed by atoms with Gasteiger partial charge in [0, 0.05) is 0 Å². The first-order chi connectivity index (χ1) is 20.3. The summed E-state index contributed by atoms with van der Waals surface area (Å²) in [5.74, 6) is -1.32. The van der Waals surface area contributed by atoms with E-state index >= 15 is 0 Å². The molecule has 0 amide bonds. The lowest BCUT2D eigenvalue weighted by Gasteiger charge is -2.16. The Balaban J connectivity index is 1.51. The van der Waals surface area contributed by atoms with Gasteiger partial charge in [-0.15, -0.1) is 0 Å². The fraction of sp³-hybridized carbons (Fsp3) is 0. The monoisotopic (exact) mass is 556 g/mol. The highest BCUT2D eigenvalue weighted by molar-refractivity contribution is 5.88. The van der Waals surface area contributed by atoms with Gasteiger partial charge in [-0.2, -0.15) is 0 Å². The van der Waals surface area contributed by atoms with Crippen LogP contribution >= 0.6 is 0 Å². The van der Waals surface area contributed by atoms with E-state index in [4.69, 9.17) is 0 Å². The largest absolute Gasteiger partial charge is 0.207 e. The van der Waals surface area contributed by atoms with Crippen molar-refractivity contribution in [1.82, 2.24) is 0 Å². The molecule has 0 saturated carbocycles. The quantitative estimate of drug-likeness (QED) is 0.179. The van der Waals surface area contributed by atoms with Crippen molar-refractivity contribution in [3.63, 3.8) is 0 Å². The third-order valence-electron chi connectivity index (χ3n) is 7.27. The van der Waals surface area contributed by atoms with Crippen LogP contribution in [0.15, 0.2) is 140 Å². The summed E-state index contributed by atoms with van der Waals surface area (Å²) < 4.78 is 54.9. The minimum atomic E-state index is -0.330. The zero-order valence-corrected chi connectivity index (χ0v) is 22.4. The maximum absolute atomic E-state index is 13.7. The minimum Gasteiger partial charge on any atom is -0.207 e. The predicted octanol–water partition coefficient (Wildman–Crippen LogP) is 11.0. The molecular formula is C38H24F4. The van der Waals surface area contributed by atoms with E-state index in [1.807, 2.05) is 36.4 Å². The van der Waals surface area contributed by atoms with E-state index in [9.17, 15) is 17.6 Å². The maximum Gasteiger partial charge on any atom is 0.123 e. The summed E-state index contributed by atoms with van der Waals surface area (Å²) in [4.78, 5) is 0. The van der Waals surface area contributed by atoms with E-state index < -0.39 is 0 Å². The SMILES string of the molecule is C=C(c1cc(-c2ccc(F)cc2)cc(-c2ccc(F)cc2)c1)c1cc(-c2ccc(F)cc2)cc(-c2ccc(F)cc2)c1. The molecule has 0 atom stereocenters. The van der Waals surface area contributed by atoms with E-state index in [-0.39, 0.29) is 23.3 Å². The van der Waals surface area contributed by atoms with E-state index in [0.29, 0.717) is 0 Å². The Hall–Kier alpha value is -5.22. The first kappa shape index (κ1) is 27.0. The first-order valence-corrected chi connectivity index (χ1v) is 13.4. The summed E-state index contributed by atoms with van der Waals surface area (Å²) in [5.41, 5.74) is 9.03. The van der Waals surface area contributed by atoms with Crippen molar-refractivity contribution in [2.24, 2.45) is 0 Å². The molecular weight excluding hydrogens is 532 g/mol. The van der Waals surface area contributed by atoms with Gasteiger partial charge < -0.3 is 0 Å². The zero-order valence-electron chi connectivity index (χ0n) is 22.4. The standard InChI is InChI=1S/C38H24F4/c1-24(29-18-31(25-2-10-35(39)11-3-25)22-32(19-29)26-4-12-36(40)13-5-26)30-20-33(27-6-14-37(41)15-7-27)23-34(21-30)28-8-16-38(42)17-9-28/h2-23H,1H2. The average Bonchev–Trinajstić information content (AvgIpc) is 3.01. The molecule has 0 aliphatic rings. The number of rotatable bonds is 6. The minimum absolute atomic E-state index is 0.330. The molecule has 0 nitrogen and oxygen atoms in total. The summed E-state index contributed by atoms with van der Waals surface area (Å²) in [5, 5.41) is 0. The van der Waals surface area contributed by atoms with Gasteiger partial charge in [0.25, 0.3) is 0 Å². The second-order valence-corrected chi connectivity index (χ2v) is 10.1. The molecule has 0 bridgehead atoms. The molecule has 6 aromatic rings. The molecule has 0 aromatic heterocycles. The summed E-state index contributed by atoms with van der Waals surface area (Å²) in [7, 11) is 0. The van der Waals surface area contributed by atoms with Crippen molar-refractivity contribution in [3.8, 4) is 44.5 Å². The van der Waals surface area contributed by atoms with Crippen LogP contribution < -0.4 is 0 Å². The first-order valence-electron chi connectivity index (χ1n) is 13.4. The molecule has 0 saturated heterocycles. The number of hydrogen-bond donors (Lipinski definition) is 0. The van der Waals surface area contributed by atoms with E-state index in [1.54, 1.807) is 48.5 Å². The molecule has 6 aromatic carbocycles. The third-order valence-corrected chi connectivity index (χ3v) is 7.27. The van der Waals surface area contributed by atoms with Crippen LogP contribution in [0.5, 0.6) is 0 Å². The Morgan fingerprint density at radius 1 is 0.310 bits per heavy atom. The Morgan fingerprint density at radius 2 is 0.524 bits per heavy atom. The van der Waals surface area contributed by atoms with Crippen molar-refractivity contribution < 1.29 is 17.6 Å². The van der Waals surface area contributed by atoms with E-state index in [0.717, 1.165) is 61.2 Å². The molecule has 0 N–H and O–H groups in total. The van der Waals surface area contributed by atoms with Crippen LogP contribution in [0.1, 0.15) is 11.1 Å². The molecule has 0 unspecified atom stereocenters. The molecule has 0 fully saturated rings. The molecule has 42 heavy (non-hydrogen) atoms. The Labute approximate surface area is 241 Å². The van der Waals surface area contributed by atoms with Crippen molar-refractivity contribution in [3.05, 3.63) is 174 Å². The molecule has 0 aliphatic heterocycles. The van der Waals surface area contributed by atoms with Gasteiger partial charge in [0.15, 0.2) is 0 Å². The van der Waals surface area contributed by atoms with Crippen LogP contribution in [-0.2, 0) is 0 Å². The van der Waals surface area contributed by atoms with Crippen molar-refractivity contribution >= 4 is 5.57 Å². The van der Waals surface area contributed by atoms with Crippen LogP contribution in [0.4, 0.5) is 17.6 Å². The van der Waals surface area contributed by atoms with Gasteiger partial charge in [0.2, 0.25) is 0 Å². The van der Waals surface area contributed by atoms with Crippen LogP contribution in [0.25, 0.3) is 50.1 Å².